The Hall–Kier alpha value is -2.63. The molecule has 6 nitrogen and oxygen atoms in total. The van der Waals surface area contributed by atoms with Gasteiger partial charge in [-0.1, -0.05) is 18.7 Å². The molecule has 1 heterocycles. The van der Waals surface area contributed by atoms with Crippen LogP contribution in [0.5, 0.6) is 0 Å². The Morgan fingerprint density at radius 1 is 1.39 bits per heavy atom. The Bertz CT molecular complexity index is 681. The average Bonchev–Trinajstić information content (AvgIpc) is 2.71. The van der Waals surface area contributed by atoms with Crippen molar-refractivity contribution in [3.63, 3.8) is 0 Å². The van der Waals surface area contributed by atoms with Crippen molar-refractivity contribution in [3.8, 4) is 0 Å². The monoisotopic (exact) mass is 318 g/mol. The zero-order valence-corrected chi connectivity index (χ0v) is 14.0. The molecule has 0 aliphatic heterocycles. The number of aromatic nitrogens is 1. The second-order valence-corrected chi connectivity index (χ2v) is 4.99. The minimum absolute atomic E-state index is 0.0528. The number of nitrogens with zero attached hydrogens (tertiary/aromatic N) is 2. The van der Waals surface area contributed by atoms with Gasteiger partial charge >= 0.3 is 5.97 Å². The maximum atomic E-state index is 12.2. The summed E-state index contributed by atoms with van der Waals surface area (Å²) in [5, 5.41) is 10.9. The Labute approximate surface area is 135 Å². The maximum Gasteiger partial charge on any atom is 0.340 e. The summed E-state index contributed by atoms with van der Waals surface area (Å²) in [6, 6.07) is 0. The number of carbonyl (C=O) groups is 1. The van der Waals surface area contributed by atoms with Crippen LogP contribution in [0.1, 0.15) is 34.2 Å². The first-order valence-electron chi connectivity index (χ1n) is 7.30. The summed E-state index contributed by atoms with van der Waals surface area (Å²) < 4.78 is 7.03. The topological polar surface area (TPSA) is 74.4 Å². The molecule has 0 radical (unpaired) electrons. The number of allylic oxidation sites excluding steroid dienone is 4. The zero-order chi connectivity index (χ0) is 17.6. The number of carbonyl (C=O) groups excluding carboxylic acids is 1. The highest BCUT2D eigenvalue weighted by Gasteiger charge is 2.21. The molecule has 0 amide bonds. The molecule has 0 bridgehead atoms. The smallest absolute Gasteiger partial charge is 0.340 e. The fraction of sp³-hybridized carbons (Fsp3) is 0.353. The standard InChI is InChI=1S/C17H22N2O4/c1-6-9-14(19(21)22)10-8-11-15-12(3)18(5)13(4)16(15)17(20)23-7-2/h6,8-10H,1,7,11H2,2-5H3/b10-8-,14-9+. The van der Waals surface area contributed by atoms with Crippen LogP contribution in [0.4, 0.5) is 0 Å². The van der Waals surface area contributed by atoms with E-state index in [1.807, 2.05) is 25.5 Å². The number of hydrogen-bond donors (Lipinski definition) is 0. The summed E-state index contributed by atoms with van der Waals surface area (Å²) in [6.07, 6.45) is 6.18. The first kappa shape index (κ1) is 18.4. The maximum absolute atomic E-state index is 12.2. The fourth-order valence-corrected chi connectivity index (χ4v) is 2.34. The third kappa shape index (κ3) is 4.18. The Balaban J connectivity index is 3.16. The van der Waals surface area contributed by atoms with Crippen LogP contribution >= 0.6 is 0 Å². The lowest BCUT2D eigenvalue weighted by Gasteiger charge is -2.04. The molecule has 6 heteroatoms. The van der Waals surface area contributed by atoms with E-state index in [1.54, 1.807) is 13.0 Å². The van der Waals surface area contributed by atoms with Crippen LogP contribution in [0.3, 0.4) is 0 Å². The Kier molecular flexibility index (Phi) is 6.50. The molecule has 124 valence electrons. The van der Waals surface area contributed by atoms with Crippen molar-refractivity contribution < 1.29 is 14.5 Å². The van der Waals surface area contributed by atoms with Crippen molar-refractivity contribution in [2.75, 3.05) is 6.61 Å². The van der Waals surface area contributed by atoms with Crippen LogP contribution in [0.25, 0.3) is 0 Å². The van der Waals surface area contributed by atoms with Crippen molar-refractivity contribution in [1.29, 1.82) is 0 Å². The Morgan fingerprint density at radius 3 is 2.57 bits per heavy atom. The number of rotatable bonds is 7. The summed E-state index contributed by atoms with van der Waals surface area (Å²) in [6.45, 7) is 9.28. The van der Waals surface area contributed by atoms with Gasteiger partial charge < -0.3 is 9.30 Å². The first-order chi connectivity index (χ1) is 10.8. The van der Waals surface area contributed by atoms with E-state index in [1.165, 1.54) is 18.2 Å². The quantitative estimate of drug-likeness (QED) is 0.335. The molecule has 0 fully saturated rings. The highest BCUT2D eigenvalue weighted by molar-refractivity contribution is 5.93. The molecular formula is C17H22N2O4. The average molecular weight is 318 g/mol. The van der Waals surface area contributed by atoms with Gasteiger partial charge in [-0.25, -0.2) is 4.79 Å². The van der Waals surface area contributed by atoms with E-state index in [9.17, 15) is 14.9 Å². The van der Waals surface area contributed by atoms with Gasteiger partial charge in [0.15, 0.2) is 0 Å². The van der Waals surface area contributed by atoms with E-state index >= 15 is 0 Å². The molecule has 0 aromatic carbocycles. The second kappa shape index (κ2) is 8.12. The van der Waals surface area contributed by atoms with Gasteiger partial charge in [-0.2, -0.15) is 0 Å². The van der Waals surface area contributed by atoms with Crippen LogP contribution in [0.15, 0.2) is 36.6 Å². The largest absolute Gasteiger partial charge is 0.462 e. The van der Waals surface area contributed by atoms with Crippen LogP contribution in [-0.2, 0) is 18.2 Å². The normalized spacial score (nSPS) is 11.7. The van der Waals surface area contributed by atoms with Crippen LogP contribution in [0, 0.1) is 24.0 Å². The predicted octanol–water partition coefficient (Wildman–Crippen LogP) is 3.26. The van der Waals surface area contributed by atoms with Gasteiger partial charge in [-0.15, -0.1) is 0 Å². The fourth-order valence-electron chi connectivity index (χ4n) is 2.34. The van der Waals surface area contributed by atoms with E-state index < -0.39 is 4.92 Å². The highest BCUT2D eigenvalue weighted by Crippen LogP contribution is 2.23. The van der Waals surface area contributed by atoms with Gasteiger partial charge in [0.05, 0.1) is 17.1 Å². The summed E-state index contributed by atoms with van der Waals surface area (Å²) in [7, 11) is 1.88. The van der Waals surface area contributed by atoms with Crippen molar-refractivity contribution in [2.45, 2.75) is 27.2 Å². The lowest BCUT2D eigenvalue weighted by atomic mass is 10.1. The van der Waals surface area contributed by atoms with Crippen molar-refractivity contribution in [1.82, 2.24) is 4.57 Å². The van der Waals surface area contributed by atoms with Gasteiger partial charge in [0.2, 0.25) is 0 Å². The van der Waals surface area contributed by atoms with Crippen LogP contribution in [0.2, 0.25) is 0 Å². The lowest BCUT2D eigenvalue weighted by Crippen LogP contribution is -2.08. The zero-order valence-electron chi connectivity index (χ0n) is 14.0. The minimum Gasteiger partial charge on any atom is -0.462 e. The van der Waals surface area contributed by atoms with Crippen molar-refractivity contribution in [2.24, 2.45) is 7.05 Å². The third-order valence-corrected chi connectivity index (χ3v) is 3.70. The predicted molar refractivity (Wildman–Crippen MR) is 89.0 cm³/mol. The molecule has 0 aliphatic carbocycles. The molecule has 0 atom stereocenters. The van der Waals surface area contributed by atoms with E-state index in [2.05, 4.69) is 6.58 Å². The molecule has 1 rings (SSSR count). The van der Waals surface area contributed by atoms with Crippen molar-refractivity contribution >= 4 is 5.97 Å². The van der Waals surface area contributed by atoms with E-state index in [4.69, 9.17) is 4.74 Å². The number of hydrogen-bond acceptors (Lipinski definition) is 4. The third-order valence-electron chi connectivity index (χ3n) is 3.70. The highest BCUT2D eigenvalue weighted by atomic mass is 16.6. The molecule has 23 heavy (non-hydrogen) atoms. The molecule has 1 aromatic heterocycles. The minimum atomic E-state index is -0.479. The van der Waals surface area contributed by atoms with Crippen LogP contribution in [-0.4, -0.2) is 22.1 Å². The molecule has 0 unspecified atom stereocenters. The number of nitro groups is 1. The summed E-state index contributed by atoms with van der Waals surface area (Å²) >= 11 is 0. The first-order valence-corrected chi connectivity index (χ1v) is 7.30. The Morgan fingerprint density at radius 2 is 2.04 bits per heavy atom. The van der Waals surface area contributed by atoms with Crippen LogP contribution < -0.4 is 0 Å². The summed E-state index contributed by atoms with van der Waals surface area (Å²) in [4.78, 5) is 22.6. The number of ether oxygens (including phenoxy) is 1. The molecule has 0 saturated carbocycles. The van der Waals surface area contributed by atoms with Crippen molar-refractivity contribution in [3.05, 3.63) is 69.2 Å². The van der Waals surface area contributed by atoms with E-state index in [0.717, 1.165) is 17.0 Å². The second-order valence-electron chi connectivity index (χ2n) is 4.99. The van der Waals surface area contributed by atoms with Gasteiger partial charge in [0.1, 0.15) is 0 Å². The summed E-state index contributed by atoms with van der Waals surface area (Å²) in [5.41, 5.74) is 3.06. The lowest BCUT2D eigenvalue weighted by molar-refractivity contribution is -0.419. The van der Waals surface area contributed by atoms with Gasteiger partial charge in [0.25, 0.3) is 5.70 Å². The molecular weight excluding hydrogens is 296 g/mol. The van der Waals surface area contributed by atoms with Gasteiger partial charge in [0, 0.05) is 30.6 Å². The van der Waals surface area contributed by atoms with E-state index in [-0.39, 0.29) is 11.7 Å². The number of esters is 1. The molecule has 0 spiro atoms. The SMILES string of the molecule is C=C/C=C(\C=C/Cc1c(C(=O)OCC)c(C)n(C)c1C)[N+](=O)[O-]. The van der Waals surface area contributed by atoms with Gasteiger partial charge in [-0.3, -0.25) is 10.1 Å². The van der Waals surface area contributed by atoms with Gasteiger partial charge in [-0.05, 0) is 32.8 Å². The van der Waals surface area contributed by atoms with E-state index in [0.29, 0.717) is 18.6 Å². The molecule has 0 saturated heterocycles. The molecule has 0 N–H and O–H groups in total. The molecule has 0 aliphatic rings. The summed E-state index contributed by atoms with van der Waals surface area (Å²) in [5.74, 6) is -0.367. The molecule has 1 aromatic rings.